The van der Waals surface area contributed by atoms with E-state index in [1.54, 1.807) is 0 Å². The van der Waals surface area contributed by atoms with E-state index in [1.165, 1.54) is 6.08 Å². The van der Waals surface area contributed by atoms with E-state index in [4.69, 9.17) is 0 Å². The lowest BCUT2D eigenvalue weighted by molar-refractivity contribution is -0.115. The minimum absolute atomic E-state index is 0.0600. The molecule has 2 aliphatic heterocycles. The first-order valence-corrected chi connectivity index (χ1v) is 4.33. The molecule has 5 heteroatoms. The molecule has 0 aromatic rings. The Morgan fingerprint density at radius 1 is 1.58 bits per heavy atom. The molecule has 0 saturated carbocycles. The van der Waals surface area contributed by atoms with Gasteiger partial charge in [-0.15, -0.1) is 0 Å². The molecule has 0 saturated heterocycles. The van der Waals surface area contributed by atoms with E-state index in [0.717, 1.165) is 17.3 Å². The Hall–Kier alpha value is -1.10. The summed E-state index contributed by atoms with van der Waals surface area (Å²) < 4.78 is 0. The summed E-state index contributed by atoms with van der Waals surface area (Å²) in [6, 6.07) is 0. The summed E-state index contributed by atoms with van der Waals surface area (Å²) in [5, 5.41) is 2.24. The average molecular weight is 182 g/mol. The molecule has 2 heterocycles. The molecule has 12 heavy (non-hydrogen) atoms. The van der Waals surface area contributed by atoms with Gasteiger partial charge in [0.05, 0.1) is 5.25 Å². The highest BCUT2D eigenvalue weighted by molar-refractivity contribution is 8.15. The van der Waals surface area contributed by atoms with Crippen LogP contribution in [0.25, 0.3) is 0 Å². The number of nitrogens with one attached hydrogen (secondary N) is 1. The molecule has 2 amide bonds. The minimum atomic E-state index is -0.232. The summed E-state index contributed by atoms with van der Waals surface area (Å²) in [7, 11) is 0. The van der Waals surface area contributed by atoms with Gasteiger partial charge in [-0.25, -0.2) is 0 Å². The van der Waals surface area contributed by atoms with Crippen molar-refractivity contribution in [1.82, 2.24) is 5.32 Å². The van der Waals surface area contributed by atoms with Crippen LogP contribution in [0.4, 0.5) is 4.79 Å². The van der Waals surface area contributed by atoms with Crippen molar-refractivity contribution in [3.05, 3.63) is 11.6 Å². The van der Waals surface area contributed by atoms with Crippen LogP contribution in [-0.4, -0.2) is 22.2 Å². The van der Waals surface area contributed by atoms with Crippen LogP contribution in [-0.2, 0) is 4.79 Å². The van der Waals surface area contributed by atoms with Gasteiger partial charge < -0.3 is 5.32 Å². The quantitative estimate of drug-likeness (QED) is 0.599. The third-order valence-corrected chi connectivity index (χ3v) is 2.83. The van der Waals surface area contributed by atoms with E-state index in [0.29, 0.717) is 5.84 Å². The van der Waals surface area contributed by atoms with Crippen molar-refractivity contribution in [2.75, 3.05) is 0 Å². The number of carbonyl (C=O) groups excluding carboxylic acids is 2. The summed E-state index contributed by atoms with van der Waals surface area (Å²) >= 11 is 1.13. The van der Waals surface area contributed by atoms with Gasteiger partial charge in [0.2, 0.25) is 5.91 Å². The lowest BCUT2D eigenvalue weighted by Crippen LogP contribution is -2.39. The highest BCUT2D eigenvalue weighted by atomic mass is 32.2. The molecule has 2 rings (SSSR count). The van der Waals surface area contributed by atoms with Gasteiger partial charge in [0.25, 0.3) is 0 Å². The predicted molar refractivity (Wildman–Crippen MR) is 46.1 cm³/mol. The van der Waals surface area contributed by atoms with Crippen molar-refractivity contribution >= 4 is 28.7 Å². The largest absolute Gasteiger partial charge is 0.309 e. The van der Waals surface area contributed by atoms with Crippen LogP contribution in [0.2, 0.25) is 0 Å². The molecule has 0 bridgehead atoms. The van der Waals surface area contributed by atoms with Gasteiger partial charge in [-0.05, 0) is 24.3 Å². The number of amidine groups is 1. The van der Waals surface area contributed by atoms with Crippen molar-refractivity contribution in [1.29, 1.82) is 0 Å². The SMILES string of the molecule is CC1=CC(=O)NC2=NC(=O)SC12. The first kappa shape index (κ1) is 7.54. The van der Waals surface area contributed by atoms with Gasteiger partial charge in [-0.1, -0.05) is 0 Å². The van der Waals surface area contributed by atoms with Crippen LogP contribution in [0.1, 0.15) is 6.92 Å². The number of fused-ring (bicyclic) bond motifs is 1. The van der Waals surface area contributed by atoms with Crippen LogP contribution in [0.15, 0.2) is 16.6 Å². The molecule has 0 fully saturated rings. The third kappa shape index (κ3) is 1.06. The van der Waals surface area contributed by atoms with Gasteiger partial charge in [0, 0.05) is 6.08 Å². The number of carbonyl (C=O) groups is 2. The fourth-order valence-corrected chi connectivity index (χ4v) is 2.02. The van der Waals surface area contributed by atoms with Crippen LogP contribution >= 0.6 is 11.8 Å². The summed E-state index contributed by atoms with van der Waals surface area (Å²) in [6.45, 7) is 1.82. The van der Waals surface area contributed by atoms with Crippen molar-refractivity contribution in [3.63, 3.8) is 0 Å². The molecule has 1 atom stereocenters. The Kier molecular flexibility index (Phi) is 1.54. The maximum Gasteiger partial charge on any atom is 0.307 e. The maximum atomic E-state index is 10.9. The van der Waals surface area contributed by atoms with E-state index >= 15 is 0 Å². The van der Waals surface area contributed by atoms with Crippen LogP contribution in [0.5, 0.6) is 0 Å². The Morgan fingerprint density at radius 3 is 3.08 bits per heavy atom. The minimum Gasteiger partial charge on any atom is -0.309 e. The zero-order valence-electron chi connectivity index (χ0n) is 6.33. The van der Waals surface area contributed by atoms with Gasteiger partial charge in [0.1, 0.15) is 5.84 Å². The molecular weight excluding hydrogens is 176 g/mol. The van der Waals surface area contributed by atoms with Crippen molar-refractivity contribution in [2.45, 2.75) is 12.2 Å². The van der Waals surface area contributed by atoms with E-state index < -0.39 is 0 Å². The number of amides is 2. The molecule has 1 N–H and O–H groups in total. The fourth-order valence-electron chi connectivity index (χ4n) is 1.19. The normalized spacial score (nSPS) is 27.6. The van der Waals surface area contributed by atoms with E-state index in [9.17, 15) is 9.59 Å². The van der Waals surface area contributed by atoms with Gasteiger partial charge >= 0.3 is 5.24 Å². The topological polar surface area (TPSA) is 58.5 Å². The zero-order chi connectivity index (χ0) is 8.72. The first-order chi connectivity index (χ1) is 5.66. The average Bonchev–Trinajstić information content (AvgIpc) is 2.29. The second kappa shape index (κ2) is 2.45. The summed E-state index contributed by atoms with van der Waals surface area (Å²) in [5.74, 6) is 0.285. The number of thioether (sulfide) groups is 1. The molecule has 0 radical (unpaired) electrons. The third-order valence-electron chi connectivity index (χ3n) is 1.70. The Balaban J connectivity index is 2.40. The Labute approximate surface area is 73.1 Å². The van der Waals surface area contributed by atoms with Crippen LogP contribution < -0.4 is 5.32 Å². The highest BCUT2D eigenvalue weighted by Crippen LogP contribution is 2.29. The molecule has 62 valence electrons. The standard InChI is InChI=1S/C7H6N2O2S/c1-3-2-4(10)8-6-5(3)12-7(11)9-6/h2,5H,1H3,(H,8,9,10,11). The van der Waals surface area contributed by atoms with E-state index in [1.807, 2.05) is 6.92 Å². The molecule has 2 aliphatic rings. The molecule has 0 aromatic carbocycles. The smallest absolute Gasteiger partial charge is 0.307 e. The second-order valence-corrected chi connectivity index (χ2v) is 3.69. The predicted octanol–water partition coefficient (Wildman–Crippen LogP) is 0.696. The Morgan fingerprint density at radius 2 is 2.33 bits per heavy atom. The number of aliphatic imine (C=N–C) groups is 1. The summed E-state index contributed by atoms with van der Waals surface area (Å²) in [6.07, 6.45) is 1.50. The highest BCUT2D eigenvalue weighted by Gasteiger charge is 2.33. The molecule has 4 nitrogen and oxygen atoms in total. The number of hydrogen-bond acceptors (Lipinski definition) is 3. The van der Waals surface area contributed by atoms with Crippen LogP contribution in [0.3, 0.4) is 0 Å². The molecule has 0 aliphatic carbocycles. The number of hydrogen-bond donors (Lipinski definition) is 1. The molecular formula is C7H6N2O2S. The maximum absolute atomic E-state index is 10.9. The molecule has 0 spiro atoms. The fraction of sp³-hybridized carbons (Fsp3) is 0.286. The zero-order valence-corrected chi connectivity index (χ0v) is 7.14. The monoisotopic (exact) mass is 182 g/mol. The Bertz CT molecular complexity index is 332. The van der Waals surface area contributed by atoms with E-state index in [2.05, 4.69) is 10.3 Å². The van der Waals surface area contributed by atoms with Gasteiger partial charge in [0.15, 0.2) is 0 Å². The molecule has 0 aromatic heterocycles. The number of nitrogens with zero attached hydrogens (tertiary/aromatic N) is 1. The second-order valence-electron chi connectivity index (χ2n) is 2.64. The summed E-state index contributed by atoms with van der Waals surface area (Å²) in [5.41, 5.74) is 0.883. The van der Waals surface area contributed by atoms with Gasteiger partial charge in [-0.2, -0.15) is 4.99 Å². The van der Waals surface area contributed by atoms with Crippen molar-refractivity contribution < 1.29 is 9.59 Å². The van der Waals surface area contributed by atoms with Gasteiger partial charge in [-0.3, -0.25) is 9.59 Å². The van der Waals surface area contributed by atoms with Crippen LogP contribution in [0, 0.1) is 0 Å². The van der Waals surface area contributed by atoms with Crippen molar-refractivity contribution in [2.24, 2.45) is 4.99 Å². The lowest BCUT2D eigenvalue weighted by atomic mass is 10.1. The first-order valence-electron chi connectivity index (χ1n) is 3.45. The molecule has 1 unspecified atom stereocenters. The summed E-state index contributed by atoms with van der Waals surface area (Å²) in [4.78, 5) is 25.5. The number of rotatable bonds is 0. The lowest BCUT2D eigenvalue weighted by Gasteiger charge is -2.16. The van der Waals surface area contributed by atoms with Crippen molar-refractivity contribution in [3.8, 4) is 0 Å². The van der Waals surface area contributed by atoms with E-state index in [-0.39, 0.29) is 16.4 Å².